The molecule has 18 heteroatoms. The van der Waals surface area contributed by atoms with E-state index in [-0.39, 0.29) is 0 Å². The molecular formula is C14F18. The quantitative estimate of drug-likeness (QED) is 0.313. The van der Waals surface area contributed by atoms with Crippen molar-refractivity contribution in [2.24, 2.45) is 0 Å². The molecule has 182 valence electrons. The molecule has 1 fully saturated rings. The van der Waals surface area contributed by atoms with E-state index in [1.54, 1.807) is 0 Å². The summed E-state index contributed by atoms with van der Waals surface area (Å²) in [5.41, 5.74) is -23.9. The van der Waals surface area contributed by atoms with Gasteiger partial charge in [0.25, 0.3) is 11.3 Å². The zero-order valence-electron chi connectivity index (χ0n) is 13.8. The highest BCUT2D eigenvalue weighted by atomic mass is 19.4. The van der Waals surface area contributed by atoms with E-state index in [0.29, 0.717) is 0 Å². The molecule has 32 heavy (non-hydrogen) atoms. The molecule has 0 aromatic rings. The summed E-state index contributed by atoms with van der Waals surface area (Å²) in [6, 6.07) is 0. The Morgan fingerprint density at radius 3 is 1.25 bits per heavy atom. The number of alkyl halides is 14. The van der Waals surface area contributed by atoms with Gasteiger partial charge in [0, 0.05) is 0 Å². The molecular weight excluding hydrogens is 510 g/mol. The lowest BCUT2D eigenvalue weighted by atomic mass is 9.58. The Balaban J connectivity index is 2.70. The summed E-state index contributed by atoms with van der Waals surface area (Å²) in [5, 5.41) is 0. The highest BCUT2D eigenvalue weighted by Crippen LogP contribution is 2.76. The van der Waals surface area contributed by atoms with Crippen LogP contribution in [-0.2, 0) is 0 Å². The van der Waals surface area contributed by atoms with Gasteiger partial charge < -0.3 is 0 Å². The van der Waals surface area contributed by atoms with Crippen LogP contribution in [0.2, 0.25) is 0 Å². The zero-order valence-corrected chi connectivity index (χ0v) is 13.8. The van der Waals surface area contributed by atoms with Gasteiger partial charge in [-0.15, -0.1) is 0 Å². The van der Waals surface area contributed by atoms with Crippen LogP contribution in [0.5, 0.6) is 0 Å². The number of fused-ring (bicyclic) bond motifs is 2. The normalized spacial score (nSPS) is 38.4. The lowest BCUT2D eigenvalue weighted by Crippen LogP contribution is -2.85. The smallest absolute Gasteiger partial charge is 0.225 e. The Bertz CT molecular complexity index is 1010. The topological polar surface area (TPSA) is 0 Å². The summed E-state index contributed by atoms with van der Waals surface area (Å²) < 4.78 is 251. The summed E-state index contributed by atoms with van der Waals surface area (Å²) in [5.74, 6) is -62.6. The first-order chi connectivity index (χ1) is 13.9. The van der Waals surface area contributed by atoms with Gasteiger partial charge in [0.2, 0.25) is 5.83 Å². The third kappa shape index (κ3) is 1.84. The van der Waals surface area contributed by atoms with Crippen molar-refractivity contribution in [3.8, 4) is 0 Å². The molecule has 0 heterocycles. The second-order valence-electron chi connectivity index (χ2n) is 6.77. The molecule has 0 radical (unpaired) electrons. The molecule has 3 aliphatic carbocycles. The van der Waals surface area contributed by atoms with Crippen molar-refractivity contribution in [2.75, 3.05) is 0 Å². The summed E-state index contributed by atoms with van der Waals surface area (Å²) in [4.78, 5) is 0. The molecule has 0 bridgehead atoms. The third-order valence-electron chi connectivity index (χ3n) is 5.24. The van der Waals surface area contributed by atoms with Crippen molar-refractivity contribution in [3.63, 3.8) is 0 Å². The number of rotatable bonds is 0. The fraction of sp³-hybridized carbons (Fsp3) is 0.571. The zero-order chi connectivity index (χ0) is 25.5. The van der Waals surface area contributed by atoms with E-state index in [0.717, 1.165) is 0 Å². The van der Waals surface area contributed by atoms with Gasteiger partial charge in [0.1, 0.15) is 5.83 Å². The first kappa shape index (κ1) is 24.6. The average Bonchev–Trinajstić information content (AvgIpc) is 2.62. The second-order valence-corrected chi connectivity index (χ2v) is 6.77. The standard InChI is InChI=1S/C14F18/c15-2-1-3(16)5-8(20,12(27,28)14(31,32)13(29,30)9(5,21)22)11(25,26)7(1,19)10(23,24)6(18)4(2)17. The predicted molar refractivity (Wildman–Crippen MR) is 62.9 cm³/mol. The van der Waals surface area contributed by atoms with Crippen LogP contribution in [0.1, 0.15) is 0 Å². The van der Waals surface area contributed by atoms with Gasteiger partial charge in [-0.2, -0.15) is 52.7 Å². The predicted octanol–water partition coefficient (Wildman–Crippen LogP) is 6.85. The van der Waals surface area contributed by atoms with E-state index in [1.165, 1.54) is 0 Å². The van der Waals surface area contributed by atoms with Gasteiger partial charge in [0.15, 0.2) is 11.7 Å². The number of halogens is 18. The maximum absolute atomic E-state index is 14.8. The lowest BCUT2D eigenvalue weighted by molar-refractivity contribution is -0.435. The van der Waals surface area contributed by atoms with Crippen molar-refractivity contribution in [1.29, 1.82) is 0 Å². The summed E-state index contributed by atoms with van der Waals surface area (Å²) in [6.07, 6.45) is 0. The molecule has 1 saturated carbocycles. The molecule has 3 rings (SSSR count). The van der Waals surface area contributed by atoms with E-state index >= 15 is 0 Å². The minimum Gasteiger partial charge on any atom is -0.225 e. The van der Waals surface area contributed by atoms with E-state index in [1.807, 2.05) is 0 Å². The summed E-state index contributed by atoms with van der Waals surface area (Å²) in [7, 11) is 0. The van der Waals surface area contributed by atoms with Gasteiger partial charge in [-0.05, 0) is 0 Å². The highest BCUT2D eigenvalue weighted by Gasteiger charge is 3.02. The SMILES string of the molecule is FC1=C(F)C(F)(F)C2(F)C(=C1F)C(F)=C1C(F)(F)C(F)(F)C(F)(F)C(F)(F)C1(F)C2(F)F. The van der Waals surface area contributed by atoms with Crippen LogP contribution in [0.15, 0.2) is 34.5 Å². The minimum absolute atomic E-state index is 3.78. The molecule has 0 N–H and O–H groups in total. The van der Waals surface area contributed by atoms with Crippen molar-refractivity contribution < 1.29 is 79.0 Å². The Labute approximate surface area is 161 Å². The van der Waals surface area contributed by atoms with Crippen LogP contribution in [0.3, 0.4) is 0 Å². The van der Waals surface area contributed by atoms with Crippen molar-refractivity contribution >= 4 is 0 Å². The third-order valence-corrected chi connectivity index (χ3v) is 5.24. The van der Waals surface area contributed by atoms with E-state index in [4.69, 9.17) is 0 Å². The van der Waals surface area contributed by atoms with Crippen LogP contribution in [0.4, 0.5) is 79.0 Å². The molecule has 0 aromatic carbocycles. The Kier molecular flexibility index (Phi) is 4.25. The Morgan fingerprint density at radius 1 is 0.375 bits per heavy atom. The highest BCUT2D eigenvalue weighted by molar-refractivity contribution is 5.63. The monoisotopic (exact) mass is 510 g/mol. The van der Waals surface area contributed by atoms with E-state index in [2.05, 4.69) is 0 Å². The van der Waals surface area contributed by atoms with Crippen molar-refractivity contribution in [2.45, 2.75) is 46.9 Å². The van der Waals surface area contributed by atoms with Crippen LogP contribution >= 0.6 is 0 Å². The van der Waals surface area contributed by atoms with Crippen molar-refractivity contribution in [3.05, 3.63) is 34.5 Å². The molecule has 2 unspecified atom stereocenters. The first-order valence-corrected chi connectivity index (χ1v) is 7.40. The first-order valence-electron chi connectivity index (χ1n) is 7.40. The van der Waals surface area contributed by atoms with E-state index in [9.17, 15) is 79.0 Å². The number of hydrogen-bond donors (Lipinski definition) is 0. The summed E-state index contributed by atoms with van der Waals surface area (Å²) >= 11 is 0. The number of hydrogen-bond acceptors (Lipinski definition) is 0. The molecule has 0 saturated heterocycles. The van der Waals surface area contributed by atoms with Gasteiger partial charge in [-0.3, -0.25) is 0 Å². The number of allylic oxidation sites excluding steroid dienone is 6. The molecule has 0 nitrogen and oxygen atoms in total. The maximum atomic E-state index is 14.8. The Morgan fingerprint density at radius 2 is 0.812 bits per heavy atom. The fourth-order valence-corrected chi connectivity index (χ4v) is 3.55. The summed E-state index contributed by atoms with van der Waals surface area (Å²) in [6.45, 7) is 0. The molecule has 0 aromatic heterocycles. The van der Waals surface area contributed by atoms with Gasteiger partial charge in [-0.25, -0.2) is 26.3 Å². The molecule has 2 atom stereocenters. The largest absolute Gasteiger partial charge is 0.382 e. The van der Waals surface area contributed by atoms with Crippen LogP contribution in [0.25, 0.3) is 0 Å². The lowest BCUT2D eigenvalue weighted by Gasteiger charge is -2.57. The van der Waals surface area contributed by atoms with Gasteiger partial charge >= 0.3 is 35.5 Å². The van der Waals surface area contributed by atoms with Crippen LogP contribution in [-0.4, -0.2) is 46.9 Å². The van der Waals surface area contributed by atoms with Gasteiger partial charge in [-0.1, -0.05) is 0 Å². The molecule has 0 amide bonds. The Hall–Kier alpha value is -2.04. The van der Waals surface area contributed by atoms with Crippen LogP contribution in [0, 0.1) is 0 Å². The van der Waals surface area contributed by atoms with E-state index < -0.39 is 81.3 Å². The maximum Gasteiger partial charge on any atom is 0.382 e. The fourth-order valence-electron chi connectivity index (χ4n) is 3.55. The molecule has 0 spiro atoms. The average molecular weight is 510 g/mol. The molecule has 0 aliphatic heterocycles. The molecule has 3 aliphatic rings. The van der Waals surface area contributed by atoms with Gasteiger partial charge in [0.05, 0.1) is 11.1 Å². The van der Waals surface area contributed by atoms with Crippen LogP contribution < -0.4 is 0 Å². The minimum atomic E-state index is -8.02. The second kappa shape index (κ2) is 5.53. The van der Waals surface area contributed by atoms with Crippen molar-refractivity contribution in [1.82, 2.24) is 0 Å².